The largest absolute Gasteiger partial charge is 0.490 e. The van der Waals surface area contributed by atoms with Crippen LogP contribution in [0, 0.1) is 5.41 Å². The predicted molar refractivity (Wildman–Crippen MR) is 89.5 cm³/mol. The maximum absolute atomic E-state index is 12.5. The Hall–Kier alpha value is -2.06. The molecule has 4 N–H and O–H groups in total. The van der Waals surface area contributed by atoms with Gasteiger partial charge in [-0.2, -0.15) is 13.2 Å². The van der Waals surface area contributed by atoms with E-state index in [2.05, 4.69) is 4.98 Å². The number of carboxylic acid groups (broad SMARTS) is 1. The van der Waals surface area contributed by atoms with E-state index in [9.17, 15) is 21.6 Å². The molecule has 0 aliphatic rings. The molecule has 0 spiro atoms. The summed E-state index contributed by atoms with van der Waals surface area (Å²) in [5.41, 5.74) is 5.41. The van der Waals surface area contributed by atoms with Crippen LogP contribution < -0.4 is 5.73 Å². The summed E-state index contributed by atoms with van der Waals surface area (Å²) < 4.78 is 58.9. The molecule has 0 aliphatic carbocycles. The zero-order chi connectivity index (χ0) is 20.3. The van der Waals surface area contributed by atoms with Gasteiger partial charge in [0.15, 0.2) is 0 Å². The van der Waals surface area contributed by atoms with E-state index in [1.165, 1.54) is 39.9 Å². The number of aromatic nitrogens is 2. The third-order valence-corrected chi connectivity index (χ3v) is 7.00. The Morgan fingerprint density at radius 1 is 1.46 bits per heavy atom. The first-order chi connectivity index (χ1) is 11.8. The second kappa shape index (κ2) is 8.09. The fourth-order valence-corrected chi connectivity index (χ4v) is 5.47. The highest BCUT2D eigenvalue weighted by Gasteiger charge is 2.38. The summed E-state index contributed by atoms with van der Waals surface area (Å²) in [7, 11) is -2.07. The Kier molecular flexibility index (Phi) is 6.84. The van der Waals surface area contributed by atoms with Gasteiger partial charge in [0.05, 0.1) is 9.09 Å². The van der Waals surface area contributed by atoms with Crippen molar-refractivity contribution in [1.29, 1.82) is 5.41 Å². The molecular formula is C12H13F3N4O4S3. The van der Waals surface area contributed by atoms with Crippen LogP contribution in [0.4, 0.5) is 13.2 Å². The van der Waals surface area contributed by atoms with E-state index >= 15 is 0 Å². The number of carbonyl (C=O) groups is 1. The molecule has 0 saturated heterocycles. The predicted octanol–water partition coefficient (Wildman–Crippen LogP) is 1.95. The molecule has 0 aromatic carbocycles. The lowest BCUT2D eigenvalue weighted by atomic mass is 10.4. The van der Waals surface area contributed by atoms with Crippen molar-refractivity contribution < 1.29 is 31.5 Å². The number of halogens is 3. The van der Waals surface area contributed by atoms with Crippen molar-refractivity contribution in [3.05, 3.63) is 23.3 Å². The van der Waals surface area contributed by atoms with Gasteiger partial charge in [0.1, 0.15) is 10.7 Å². The number of alkyl halides is 3. The number of hydrogen-bond acceptors (Lipinski definition) is 7. The normalized spacial score (nSPS) is 11.6. The lowest BCUT2D eigenvalue weighted by molar-refractivity contribution is -0.192. The third-order valence-electron chi connectivity index (χ3n) is 2.67. The van der Waals surface area contributed by atoms with Gasteiger partial charge in [0, 0.05) is 19.4 Å². The fourth-order valence-electron chi connectivity index (χ4n) is 1.53. The van der Waals surface area contributed by atoms with Crippen molar-refractivity contribution in [2.24, 2.45) is 12.8 Å². The lowest BCUT2D eigenvalue weighted by Crippen LogP contribution is -2.21. The van der Waals surface area contributed by atoms with E-state index in [1.54, 1.807) is 19.5 Å². The van der Waals surface area contributed by atoms with Crippen LogP contribution in [-0.2, 0) is 21.7 Å². The van der Waals surface area contributed by atoms with Crippen molar-refractivity contribution in [2.75, 3.05) is 6.26 Å². The second-order valence-electron chi connectivity index (χ2n) is 4.51. The Morgan fingerprint density at radius 2 is 2.00 bits per heavy atom. The van der Waals surface area contributed by atoms with Gasteiger partial charge in [-0.25, -0.2) is 18.2 Å². The van der Waals surface area contributed by atoms with Gasteiger partial charge in [-0.3, -0.25) is 5.41 Å². The Balaban J connectivity index is 0.000000412. The van der Waals surface area contributed by atoms with Crippen LogP contribution in [-0.4, -0.2) is 47.3 Å². The first-order valence-electron chi connectivity index (χ1n) is 6.37. The van der Waals surface area contributed by atoms with Crippen LogP contribution in [0.2, 0.25) is 0 Å². The van der Waals surface area contributed by atoms with Crippen LogP contribution in [0.25, 0.3) is 0 Å². The number of aliphatic carboxylic acids is 1. The summed E-state index contributed by atoms with van der Waals surface area (Å²) in [6, 6.07) is 1.43. The molecule has 144 valence electrons. The number of thioether (sulfide) groups is 1. The van der Waals surface area contributed by atoms with Gasteiger partial charge < -0.3 is 15.4 Å². The number of nitrogens with one attached hydrogen (secondary N) is 1. The minimum Gasteiger partial charge on any atom is -0.475 e. The Labute approximate surface area is 154 Å². The summed E-state index contributed by atoms with van der Waals surface area (Å²) in [5, 5.41) is 14.5. The molecule has 0 radical (unpaired) electrons. The van der Waals surface area contributed by atoms with E-state index in [1.807, 2.05) is 0 Å². The Morgan fingerprint density at radius 3 is 2.35 bits per heavy atom. The molecule has 0 aliphatic heterocycles. The van der Waals surface area contributed by atoms with Crippen molar-refractivity contribution in [3.63, 3.8) is 0 Å². The minimum absolute atomic E-state index is 0.0179. The minimum atomic E-state index is -5.08. The monoisotopic (exact) mass is 430 g/mol. The maximum Gasteiger partial charge on any atom is 0.490 e. The van der Waals surface area contributed by atoms with E-state index in [0.29, 0.717) is 9.09 Å². The maximum atomic E-state index is 12.5. The van der Waals surface area contributed by atoms with Crippen molar-refractivity contribution in [1.82, 2.24) is 9.55 Å². The molecule has 14 heteroatoms. The van der Waals surface area contributed by atoms with Crippen molar-refractivity contribution in [2.45, 2.75) is 20.4 Å². The number of nitrogens with two attached hydrogens (primary N) is 1. The molecule has 0 fully saturated rings. The molecule has 0 amide bonds. The summed E-state index contributed by atoms with van der Waals surface area (Å²) in [6.45, 7) is 0. The first kappa shape index (κ1) is 22.0. The highest BCUT2D eigenvalue weighted by Crippen LogP contribution is 2.36. The zero-order valence-corrected chi connectivity index (χ0v) is 15.7. The highest BCUT2D eigenvalue weighted by atomic mass is 32.2. The zero-order valence-electron chi connectivity index (χ0n) is 13.2. The summed E-state index contributed by atoms with van der Waals surface area (Å²) in [5.74, 6) is -2.89. The van der Waals surface area contributed by atoms with E-state index in [-0.39, 0.29) is 15.9 Å². The van der Waals surface area contributed by atoms with Crippen molar-refractivity contribution in [3.8, 4) is 0 Å². The van der Waals surface area contributed by atoms with Gasteiger partial charge in [0.25, 0.3) is 0 Å². The number of aryl methyl sites for hydroxylation is 1. The molecule has 0 saturated carbocycles. The number of nitrogen functional groups attached to an aromatic ring is 1. The molecule has 2 heterocycles. The van der Waals surface area contributed by atoms with Crippen LogP contribution in [0.15, 0.2) is 32.7 Å². The smallest absolute Gasteiger partial charge is 0.475 e. The second-order valence-corrected chi connectivity index (χ2v) is 8.45. The molecule has 2 aromatic heterocycles. The van der Waals surface area contributed by atoms with Gasteiger partial charge in [-0.1, -0.05) is 0 Å². The molecule has 2 aromatic rings. The van der Waals surface area contributed by atoms with Gasteiger partial charge in [-0.15, -0.1) is 23.1 Å². The van der Waals surface area contributed by atoms with Gasteiger partial charge >= 0.3 is 12.1 Å². The number of thiophene rings is 1. The molecule has 8 nitrogen and oxygen atoms in total. The molecule has 0 bridgehead atoms. The van der Waals surface area contributed by atoms with E-state index in [0.717, 1.165) is 0 Å². The number of rotatable bonds is 4. The van der Waals surface area contributed by atoms with E-state index in [4.69, 9.17) is 21.0 Å². The average Bonchev–Trinajstić information content (AvgIpc) is 3.13. The van der Waals surface area contributed by atoms with Gasteiger partial charge in [-0.05, 0) is 12.3 Å². The van der Waals surface area contributed by atoms with Gasteiger partial charge in [0.2, 0.25) is 15.0 Å². The quantitative estimate of drug-likeness (QED) is 0.383. The number of nitrogens with zero attached hydrogens (tertiary/aromatic N) is 2. The van der Waals surface area contributed by atoms with Crippen LogP contribution in [0.1, 0.15) is 4.88 Å². The number of hydrogen-bond donors (Lipinski definition) is 3. The third kappa shape index (κ3) is 4.98. The molecule has 26 heavy (non-hydrogen) atoms. The summed E-state index contributed by atoms with van der Waals surface area (Å²) >= 11 is 2.51. The first-order valence-corrected chi connectivity index (χ1v) is 9.89. The summed E-state index contributed by atoms with van der Waals surface area (Å²) in [4.78, 5) is 13.4. The molecule has 0 atom stereocenters. The SMILES string of the molecule is CSc1sc(C(=N)N)cc1S(=O)(=O)c1nccn1C.O=C(O)C(F)(F)F. The molecular weight excluding hydrogens is 417 g/mol. The lowest BCUT2D eigenvalue weighted by Gasteiger charge is -2.03. The molecule has 0 unspecified atom stereocenters. The molecule has 2 rings (SSSR count). The van der Waals surface area contributed by atoms with Crippen LogP contribution >= 0.6 is 23.1 Å². The fraction of sp³-hybridized carbons (Fsp3) is 0.250. The standard InChI is InChI=1S/C10H12N4O2S3.C2HF3O2/c1-14-4-3-13-10(14)19(15,16)7-5-6(8(11)12)18-9(7)17-2;3-2(4,5)1(6)7/h3-5H,1-2H3,(H3,11,12);(H,6,7). The number of sulfone groups is 1. The van der Waals surface area contributed by atoms with E-state index < -0.39 is 22.0 Å². The topological polar surface area (TPSA) is 139 Å². The van der Waals surface area contributed by atoms with Crippen LogP contribution in [0.3, 0.4) is 0 Å². The van der Waals surface area contributed by atoms with Crippen LogP contribution in [0.5, 0.6) is 0 Å². The number of amidine groups is 1. The average molecular weight is 430 g/mol. The Bertz CT molecular complexity index is 919. The summed E-state index contributed by atoms with van der Waals surface area (Å²) in [6.07, 6.45) is -0.291. The van der Waals surface area contributed by atoms with Crippen molar-refractivity contribution >= 4 is 44.7 Å². The number of imidazole rings is 1. The highest BCUT2D eigenvalue weighted by molar-refractivity contribution is 8.01. The number of carboxylic acids is 1.